The minimum absolute atomic E-state index is 0.0627. The van der Waals surface area contributed by atoms with Gasteiger partial charge in [-0.1, -0.05) is 18.2 Å². The van der Waals surface area contributed by atoms with Crippen molar-refractivity contribution in [1.29, 1.82) is 0 Å². The van der Waals surface area contributed by atoms with Crippen LogP contribution in [0.15, 0.2) is 76.8 Å². The minimum Gasteiger partial charge on any atom is -0.388 e. The molecule has 4 aromatic rings. The molecule has 0 saturated carbocycles. The number of carbonyl (C=O) groups excluding carboxylic acids is 1. The normalized spacial score (nSPS) is 15.5. The Labute approximate surface area is 219 Å². The number of piperidine rings is 1. The van der Waals surface area contributed by atoms with Gasteiger partial charge in [-0.25, -0.2) is 13.4 Å². The molecular weight excluding hydrogens is 508 g/mol. The van der Waals surface area contributed by atoms with Crippen LogP contribution >= 0.6 is 0 Å². The van der Waals surface area contributed by atoms with Crippen LogP contribution in [0.4, 0.5) is 5.69 Å². The number of aromatic nitrogens is 4. The topological polar surface area (TPSA) is 131 Å². The number of aliphatic hydroxyl groups is 1. The molecule has 1 aliphatic heterocycles. The number of hydrogen-bond donors (Lipinski definition) is 1. The second kappa shape index (κ2) is 9.69. The number of aryl methyl sites for hydroxylation is 1. The summed E-state index contributed by atoms with van der Waals surface area (Å²) in [4.78, 5) is 31.9. The van der Waals surface area contributed by atoms with Crippen LogP contribution in [-0.2, 0) is 23.6 Å². The lowest BCUT2D eigenvalue weighted by Crippen LogP contribution is -2.49. The molecule has 3 heterocycles. The van der Waals surface area contributed by atoms with Crippen LogP contribution in [0.5, 0.6) is 0 Å². The van der Waals surface area contributed by atoms with Crippen LogP contribution in [0.3, 0.4) is 0 Å². The lowest BCUT2D eigenvalue weighted by atomic mass is 9.91. The van der Waals surface area contributed by atoms with Gasteiger partial charge in [0.25, 0.3) is 21.5 Å². The fourth-order valence-corrected chi connectivity index (χ4v) is 5.86. The Morgan fingerprint density at radius 1 is 1.08 bits per heavy atom. The summed E-state index contributed by atoms with van der Waals surface area (Å²) in [6.07, 6.45) is 3.44. The quantitative estimate of drug-likeness (QED) is 0.396. The first-order valence-electron chi connectivity index (χ1n) is 12.1. The van der Waals surface area contributed by atoms with Gasteiger partial charge < -0.3 is 10.0 Å². The summed E-state index contributed by atoms with van der Waals surface area (Å²) >= 11 is 0. The van der Waals surface area contributed by atoms with E-state index >= 15 is 0 Å². The minimum atomic E-state index is -3.78. The largest absolute Gasteiger partial charge is 0.388 e. The Morgan fingerprint density at radius 2 is 1.74 bits per heavy atom. The number of carbonyl (C=O) groups is 1. The van der Waals surface area contributed by atoms with Crippen LogP contribution in [0.2, 0.25) is 0 Å². The molecule has 0 bridgehead atoms. The smallest absolute Gasteiger partial charge is 0.264 e. The van der Waals surface area contributed by atoms with Gasteiger partial charge in [-0.3, -0.25) is 23.1 Å². The lowest BCUT2D eigenvalue weighted by Gasteiger charge is -2.38. The number of para-hydroxylation sites is 1. The average molecular weight is 537 g/mol. The molecule has 12 heteroatoms. The Morgan fingerprint density at radius 3 is 2.39 bits per heavy atom. The molecule has 0 radical (unpaired) electrons. The third-order valence-corrected chi connectivity index (χ3v) is 8.84. The average Bonchev–Trinajstić information content (AvgIpc) is 3.31. The summed E-state index contributed by atoms with van der Waals surface area (Å²) in [5, 5.41) is 15.6. The van der Waals surface area contributed by atoms with Crippen molar-refractivity contribution in [2.45, 2.75) is 29.9 Å². The van der Waals surface area contributed by atoms with Crippen molar-refractivity contribution in [2.24, 2.45) is 7.05 Å². The van der Waals surface area contributed by atoms with Crippen molar-refractivity contribution in [2.75, 3.05) is 24.4 Å². The Kier molecular flexibility index (Phi) is 6.53. The first-order valence-corrected chi connectivity index (χ1v) is 13.6. The molecule has 2 aromatic heterocycles. The molecule has 11 nitrogen and oxygen atoms in total. The molecule has 38 heavy (non-hydrogen) atoms. The molecule has 198 valence electrons. The fourth-order valence-electron chi connectivity index (χ4n) is 4.67. The Bertz CT molecular complexity index is 1640. The van der Waals surface area contributed by atoms with E-state index in [9.17, 15) is 23.1 Å². The van der Waals surface area contributed by atoms with Crippen molar-refractivity contribution in [3.05, 3.63) is 83.0 Å². The molecule has 0 unspecified atom stereocenters. The summed E-state index contributed by atoms with van der Waals surface area (Å²) < 4.78 is 30.1. The molecule has 1 amide bonds. The van der Waals surface area contributed by atoms with Crippen LogP contribution in [0.1, 0.15) is 23.2 Å². The maximum absolute atomic E-state index is 13.1. The molecule has 1 saturated heterocycles. The van der Waals surface area contributed by atoms with Crippen molar-refractivity contribution >= 4 is 32.7 Å². The Balaban J connectivity index is 1.24. The van der Waals surface area contributed by atoms with E-state index in [0.29, 0.717) is 35.4 Å². The highest BCUT2D eigenvalue weighted by Crippen LogP contribution is 2.26. The lowest BCUT2D eigenvalue weighted by molar-refractivity contribution is -0.0299. The maximum atomic E-state index is 13.1. The predicted molar refractivity (Wildman–Crippen MR) is 141 cm³/mol. The monoisotopic (exact) mass is 536 g/mol. The zero-order valence-electron chi connectivity index (χ0n) is 21.1. The van der Waals surface area contributed by atoms with Crippen molar-refractivity contribution in [3.8, 4) is 0 Å². The highest BCUT2D eigenvalue weighted by atomic mass is 32.2. The van der Waals surface area contributed by atoms with E-state index in [2.05, 4.69) is 10.1 Å². The third-order valence-electron chi connectivity index (χ3n) is 7.04. The van der Waals surface area contributed by atoms with Crippen molar-refractivity contribution < 1.29 is 18.3 Å². The number of fused-ring (bicyclic) bond motifs is 1. The molecule has 2 aromatic carbocycles. The third kappa shape index (κ3) is 4.68. The highest BCUT2D eigenvalue weighted by Gasteiger charge is 2.35. The standard InChI is InChI=1S/C26H28N6O5S/c1-29-23-22(16-28-29)25(34)32(18-27-23)17-26(35)12-14-31(15-13-26)24(33)19-8-10-21(11-9-19)38(36,37)30(2)20-6-4-3-5-7-20/h3-11,16,18,35H,12-15,17H2,1-2H3. The number of rotatable bonds is 6. The first kappa shape index (κ1) is 25.6. The molecule has 0 spiro atoms. The zero-order valence-corrected chi connectivity index (χ0v) is 21.9. The summed E-state index contributed by atoms with van der Waals surface area (Å²) in [6, 6.07) is 14.6. The maximum Gasteiger partial charge on any atom is 0.264 e. The second-order valence-electron chi connectivity index (χ2n) is 9.53. The van der Waals surface area contributed by atoms with E-state index in [1.165, 1.54) is 57.4 Å². The van der Waals surface area contributed by atoms with Gasteiger partial charge in [0.1, 0.15) is 11.7 Å². The summed E-state index contributed by atoms with van der Waals surface area (Å²) in [5.74, 6) is -0.247. The van der Waals surface area contributed by atoms with E-state index in [-0.39, 0.29) is 35.7 Å². The van der Waals surface area contributed by atoms with Crippen molar-refractivity contribution in [1.82, 2.24) is 24.2 Å². The van der Waals surface area contributed by atoms with Gasteiger partial charge in [0.05, 0.1) is 28.9 Å². The van der Waals surface area contributed by atoms with Gasteiger partial charge in [0, 0.05) is 32.7 Å². The van der Waals surface area contributed by atoms with E-state index < -0.39 is 15.6 Å². The summed E-state index contributed by atoms with van der Waals surface area (Å²) in [6.45, 7) is 0.653. The summed E-state index contributed by atoms with van der Waals surface area (Å²) in [7, 11) is -0.596. The predicted octanol–water partition coefficient (Wildman–Crippen LogP) is 1.62. The van der Waals surface area contributed by atoms with E-state index in [4.69, 9.17) is 0 Å². The molecule has 0 aliphatic carbocycles. The highest BCUT2D eigenvalue weighted by molar-refractivity contribution is 7.92. The number of nitrogens with zero attached hydrogens (tertiary/aromatic N) is 6. The zero-order chi connectivity index (χ0) is 27.1. The van der Waals surface area contributed by atoms with E-state index in [0.717, 1.165) is 0 Å². The number of amides is 1. The van der Waals surface area contributed by atoms with Gasteiger partial charge in [0.2, 0.25) is 0 Å². The van der Waals surface area contributed by atoms with Gasteiger partial charge in [-0.05, 0) is 49.2 Å². The number of likely N-dealkylation sites (tertiary alicyclic amines) is 1. The second-order valence-corrected chi connectivity index (χ2v) is 11.5. The van der Waals surface area contributed by atoms with E-state index in [1.807, 2.05) is 6.07 Å². The fraction of sp³-hybridized carbons (Fsp3) is 0.308. The van der Waals surface area contributed by atoms with Gasteiger partial charge in [0.15, 0.2) is 5.65 Å². The van der Waals surface area contributed by atoms with Crippen molar-refractivity contribution in [3.63, 3.8) is 0 Å². The molecule has 0 atom stereocenters. The van der Waals surface area contributed by atoms with Gasteiger partial charge in [-0.15, -0.1) is 0 Å². The van der Waals surface area contributed by atoms with Crippen LogP contribution in [0, 0.1) is 0 Å². The molecule has 1 fully saturated rings. The molecule has 1 aliphatic rings. The van der Waals surface area contributed by atoms with Gasteiger partial charge in [-0.2, -0.15) is 5.10 Å². The van der Waals surface area contributed by atoms with Crippen LogP contribution in [0.25, 0.3) is 11.0 Å². The van der Waals surface area contributed by atoms with E-state index in [1.54, 1.807) is 36.2 Å². The van der Waals surface area contributed by atoms with Gasteiger partial charge >= 0.3 is 0 Å². The SMILES string of the molecule is CN(c1ccccc1)S(=O)(=O)c1ccc(C(=O)N2CCC(O)(Cn3cnc4c(cnn4C)c3=O)CC2)cc1. The number of sulfonamides is 1. The molecular formula is C26H28N6O5S. The van der Waals surface area contributed by atoms with Crippen LogP contribution in [-0.4, -0.2) is 69.4 Å². The number of anilines is 1. The molecule has 1 N–H and O–H groups in total. The first-order chi connectivity index (χ1) is 18.1. The molecule has 5 rings (SSSR count). The van der Waals surface area contributed by atoms with Crippen LogP contribution < -0.4 is 9.86 Å². The Hall–Kier alpha value is -4.03. The number of hydrogen-bond acceptors (Lipinski definition) is 7. The number of benzene rings is 2. The summed E-state index contributed by atoms with van der Waals surface area (Å²) in [5.41, 5.74) is -0.0729.